The monoisotopic (exact) mass is 433 g/mol. The molecule has 5 heteroatoms. The molecule has 0 bridgehead atoms. The van der Waals surface area contributed by atoms with Gasteiger partial charge in [0.25, 0.3) is 0 Å². The minimum atomic E-state index is 0.157. The normalized spacial score (nSPS) is 10.9. The highest BCUT2D eigenvalue weighted by molar-refractivity contribution is 7.80. The van der Waals surface area contributed by atoms with Crippen LogP contribution in [-0.4, -0.2) is 28.2 Å². The highest BCUT2D eigenvalue weighted by atomic mass is 32.1. The number of carbonyl (C=O) groups is 1. The number of H-pyrrole nitrogens is 1. The van der Waals surface area contributed by atoms with E-state index >= 15 is 0 Å². The van der Waals surface area contributed by atoms with Gasteiger partial charge in [0.15, 0.2) is 0 Å². The van der Waals surface area contributed by atoms with E-state index in [2.05, 4.69) is 66.0 Å². The molecule has 0 spiro atoms. The van der Waals surface area contributed by atoms with Crippen LogP contribution in [0.15, 0.2) is 36.8 Å². The number of rotatable bonds is 11. The molecule has 1 aromatic carbocycles. The molecule has 0 aliphatic carbocycles. The molecule has 30 heavy (non-hydrogen) atoms. The van der Waals surface area contributed by atoms with Crippen LogP contribution in [0.2, 0.25) is 0 Å². The van der Waals surface area contributed by atoms with Crippen LogP contribution in [0.3, 0.4) is 0 Å². The van der Waals surface area contributed by atoms with Gasteiger partial charge in [0.05, 0.1) is 6.33 Å². The third kappa shape index (κ3) is 14.3. The summed E-state index contributed by atoms with van der Waals surface area (Å²) in [5.74, 6) is 1.91. The van der Waals surface area contributed by atoms with Gasteiger partial charge in [-0.3, -0.25) is 4.79 Å². The van der Waals surface area contributed by atoms with Gasteiger partial charge in [-0.15, -0.1) is 0 Å². The fourth-order valence-corrected chi connectivity index (χ4v) is 3.43. The molecular formula is C25H43N3OS. The van der Waals surface area contributed by atoms with Crippen LogP contribution in [0.5, 0.6) is 0 Å². The van der Waals surface area contributed by atoms with Crippen LogP contribution in [0, 0.1) is 12.8 Å². The Bertz CT molecular complexity index is 620. The van der Waals surface area contributed by atoms with E-state index < -0.39 is 0 Å². The third-order valence-electron chi connectivity index (χ3n) is 4.63. The number of hydrogen-bond donors (Lipinski definition) is 3. The molecule has 0 aliphatic heterocycles. The number of amides is 1. The Morgan fingerprint density at radius 3 is 2.37 bits per heavy atom. The van der Waals surface area contributed by atoms with Gasteiger partial charge in [-0.1, -0.05) is 70.4 Å². The van der Waals surface area contributed by atoms with Crippen LogP contribution in [0.25, 0.3) is 0 Å². The standard InChI is InChI=1S/C13H19NO.C10H18N2S.C2H6/c1-3-4-13(15)14-10-9-12-7-5-11(2)6-8-12;1-2-3-9(4-5-13)6-10-7-11-8-12-10;1-2/h5-8H,3-4,9-10H2,1-2H3,(H,14,15);7-9,13H,2-6H2,1H3,(H,11,12);1-2H3. The Kier molecular flexibility index (Phi) is 18.1. The summed E-state index contributed by atoms with van der Waals surface area (Å²) in [5, 5.41) is 2.91. The number of benzene rings is 1. The second-order valence-corrected chi connectivity index (χ2v) is 7.73. The summed E-state index contributed by atoms with van der Waals surface area (Å²) in [6.45, 7) is 11.1. The van der Waals surface area contributed by atoms with Crippen LogP contribution in [-0.2, 0) is 17.6 Å². The van der Waals surface area contributed by atoms with Crippen LogP contribution >= 0.6 is 12.6 Å². The Morgan fingerprint density at radius 2 is 1.83 bits per heavy atom. The molecule has 1 heterocycles. The van der Waals surface area contributed by atoms with Crippen molar-refractivity contribution in [3.05, 3.63) is 53.6 Å². The van der Waals surface area contributed by atoms with Crippen molar-refractivity contribution >= 4 is 18.5 Å². The SMILES string of the molecule is CC.CCCC(=O)NCCc1ccc(C)cc1.CCCC(CCS)Cc1cnc[nH]1. The van der Waals surface area contributed by atoms with E-state index in [9.17, 15) is 4.79 Å². The number of aromatic nitrogens is 2. The average molecular weight is 434 g/mol. The van der Waals surface area contributed by atoms with Gasteiger partial charge in [0.2, 0.25) is 5.91 Å². The fraction of sp³-hybridized carbons (Fsp3) is 0.600. The van der Waals surface area contributed by atoms with E-state index in [1.54, 1.807) is 6.33 Å². The molecule has 4 nitrogen and oxygen atoms in total. The van der Waals surface area contributed by atoms with Crippen LogP contribution in [0.1, 0.15) is 76.6 Å². The predicted molar refractivity (Wildman–Crippen MR) is 133 cm³/mol. The minimum absolute atomic E-state index is 0.157. The second kappa shape index (κ2) is 19.2. The lowest BCUT2D eigenvalue weighted by molar-refractivity contribution is -0.121. The summed E-state index contributed by atoms with van der Waals surface area (Å²) >= 11 is 4.28. The number of nitrogens with zero attached hydrogens (tertiary/aromatic N) is 1. The second-order valence-electron chi connectivity index (χ2n) is 7.28. The molecule has 1 unspecified atom stereocenters. The smallest absolute Gasteiger partial charge is 0.219 e. The van der Waals surface area contributed by atoms with E-state index in [0.29, 0.717) is 6.42 Å². The van der Waals surface area contributed by atoms with Crippen molar-refractivity contribution in [3.8, 4) is 0 Å². The van der Waals surface area contributed by atoms with E-state index in [-0.39, 0.29) is 5.91 Å². The summed E-state index contributed by atoms with van der Waals surface area (Å²) < 4.78 is 0. The summed E-state index contributed by atoms with van der Waals surface area (Å²) in [6.07, 6.45) is 11.0. The van der Waals surface area contributed by atoms with Gasteiger partial charge in [-0.2, -0.15) is 12.6 Å². The molecule has 0 saturated carbocycles. The quantitative estimate of drug-likeness (QED) is 0.371. The molecule has 2 aromatic rings. The van der Waals surface area contributed by atoms with E-state index in [0.717, 1.165) is 37.5 Å². The first-order valence-electron chi connectivity index (χ1n) is 11.5. The summed E-state index contributed by atoms with van der Waals surface area (Å²) in [6, 6.07) is 8.43. The lowest BCUT2D eigenvalue weighted by Crippen LogP contribution is -2.25. The number of carbonyl (C=O) groups excluding carboxylic acids is 1. The van der Waals surface area contributed by atoms with Crippen molar-refractivity contribution in [2.45, 2.75) is 79.6 Å². The highest BCUT2D eigenvalue weighted by Gasteiger charge is 2.08. The fourth-order valence-electron chi connectivity index (χ4n) is 3.06. The minimum Gasteiger partial charge on any atom is -0.356 e. The molecule has 170 valence electrons. The molecule has 2 N–H and O–H groups in total. The lowest BCUT2D eigenvalue weighted by Gasteiger charge is -2.13. The molecule has 1 amide bonds. The van der Waals surface area contributed by atoms with Gasteiger partial charge >= 0.3 is 0 Å². The van der Waals surface area contributed by atoms with Crippen molar-refractivity contribution < 1.29 is 4.79 Å². The zero-order valence-electron chi connectivity index (χ0n) is 19.7. The first-order chi connectivity index (χ1) is 14.6. The van der Waals surface area contributed by atoms with E-state index in [1.165, 1.54) is 36.1 Å². The topological polar surface area (TPSA) is 57.8 Å². The highest BCUT2D eigenvalue weighted by Crippen LogP contribution is 2.16. The van der Waals surface area contributed by atoms with Crippen LogP contribution in [0.4, 0.5) is 0 Å². The van der Waals surface area contributed by atoms with Crippen molar-refractivity contribution in [1.82, 2.24) is 15.3 Å². The summed E-state index contributed by atoms with van der Waals surface area (Å²) in [4.78, 5) is 18.3. The maximum Gasteiger partial charge on any atom is 0.219 e. The molecule has 1 atom stereocenters. The number of imidazole rings is 1. The van der Waals surface area contributed by atoms with Gasteiger partial charge in [0.1, 0.15) is 0 Å². The lowest BCUT2D eigenvalue weighted by atomic mass is 9.96. The van der Waals surface area contributed by atoms with Crippen molar-refractivity contribution in [2.24, 2.45) is 5.92 Å². The molecule has 0 aliphatic rings. The Morgan fingerprint density at radius 1 is 1.13 bits per heavy atom. The van der Waals surface area contributed by atoms with Crippen molar-refractivity contribution in [2.75, 3.05) is 12.3 Å². The number of aryl methyl sites for hydroxylation is 1. The molecule has 2 rings (SSSR count). The average Bonchev–Trinajstić information content (AvgIpc) is 3.25. The molecule has 0 saturated heterocycles. The predicted octanol–water partition coefficient (Wildman–Crippen LogP) is 6.17. The van der Waals surface area contributed by atoms with Gasteiger partial charge < -0.3 is 10.3 Å². The molecule has 0 fully saturated rings. The van der Waals surface area contributed by atoms with Crippen LogP contribution < -0.4 is 5.32 Å². The maximum absolute atomic E-state index is 11.2. The number of thiol groups is 1. The third-order valence-corrected chi connectivity index (χ3v) is 4.89. The van der Waals surface area contributed by atoms with Crippen molar-refractivity contribution in [3.63, 3.8) is 0 Å². The first-order valence-corrected chi connectivity index (χ1v) is 12.1. The Hall–Kier alpha value is -1.75. The summed E-state index contributed by atoms with van der Waals surface area (Å²) in [7, 11) is 0. The van der Waals surface area contributed by atoms with Gasteiger partial charge in [0, 0.05) is 24.9 Å². The zero-order chi connectivity index (χ0) is 22.6. The summed E-state index contributed by atoms with van der Waals surface area (Å²) in [5.41, 5.74) is 3.80. The Labute approximate surface area is 190 Å². The van der Waals surface area contributed by atoms with E-state index in [4.69, 9.17) is 0 Å². The number of nitrogens with one attached hydrogen (secondary N) is 2. The van der Waals surface area contributed by atoms with Gasteiger partial charge in [-0.25, -0.2) is 4.98 Å². The van der Waals surface area contributed by atoms with Gasteiger partial charge in [-0.05, 0) is 49.8 Å². The Balaban J connectivity index is 0.000000522. The number of aromatic amines is 1. The van der Waals surface area contributed by atoms with Crippen molar-refractivity contribution in [1.29, 1.82) is 0 Å². The first kappa shape index (κ1) is 28.2. The molecule has 1 aromatic heterocycles. The van der Waals surface area contributed by atoms with E-state index in [1.807, 2.05) is 27.0 Å². The zero-order valence-corrected chi connectivity index (χ0v) is 20.6. The molecule has 0 radical (unpaired) electrons. The maximum atomic E-state index is 11.2. The number of hydrogen-bond acceptors (Lipinski definition) is 3. The largest absolute Gasteiger partial charge is 0.356 e. The molecular weight excluding hydrogens is 390 g/mol.